The van der Waals surface area contributed by atoms with Crippen LogP contribution in [0.4, 0.5) is 30.8 Å². The molecule has 2 aromatic carbocycles. The standard InChI is InChI=1S/C25H28F3N7O3/c1-2-3-4-13-30-21(37)18-7-5-16(6-8-18)14-31-22-33-23(35-24(34-22)38-15-25(26,27)28)32-19-11-9-17(10-12-19)20(29)36/h5-12H,2-4,13-15H2,1H3,(H2,29,36)(H,30,37)(H2,31,32,33,34,35). The number of ether oxygens (including phenoxy) is 1. The highest BCUT2D eigenvalue weighted by Crippen LogP contribution is 2.20. The topological polar surface area (TPSA) is 144 Å². The largest absolute Gasteiger partial charge is 0.454 e. The van der Waals surface area contributed by atoms with Gasteiger partial charge in [0.1, 0.15) is 0 Å². The predicted molar refractivity (Wildman–Crippen MR) is 135 cm³/mol. The molecule has 0 aliphatic rings. The molecule has 0 radical (unpaired) electrons. The van der Waals surface area contributed by atoms with Crippen LogP contribution in [0.2, 0.25) is 0 Å². The fourth-order valence-corrected chi connectivity index (χ4v) is 3.18. The minimum atomic E-state index is -4.58. The van der Waals surface area contributed by atoms with Crippen molar-refractivity contribution in [3.8, 4) is 6.01 Å². The van der Waals surface area contributed by atoms with Gasteiger partial charge in [-0.1, -0.05) is 31.9 Å². The molecule has 10 nitrogen and oxygen atoms in total. The van der Waals surface area contributed by atoms with Crippen molar-refractivity contribution in [1.29, 1.82) is 0 Å². The van der Waals surface area contributed by atoms with Gasteiger partial charge in [0.2, 0.25) is 17.8 Å². The average Bonchev–Trinajstić information content (AvgIpc) is 2.89. The Bertz CT molecular complexity index is 1220. The van der Waals surface area contributed by atoms with E-state index < -0.39 is 24.7 Å². The number of nitrogens with two attached hydrogens (primary N) is 1. The van der Waals surface area contributed by atoms with Crippen LogP contribution in [-0.4, -0.2) is 46.1 Å². The maximum atomic E-state index is 12.7. The van der Waals surface area contributed by atoms with E-state index in [1.54, 1.807) is 24.3 Å². The predicted octanol–water partition coefficient (Wildman–Crippen LogP) is 4.19. The molecule has 0 aliphatic carbocycles. The van der Waals surface area contributed by atoms with E-state index in [4.69, 9.17) is 10.5 Å². The third-order valence-electron chi connectivity index (χ3n) is 5.14. The molecule has 13 heteroatoms. The number of hydrogen-bond donors (Lipinski definition) is 4. The molecule has 3 rings (SSSR count). The number of hydrogen-bond acceptors (Lipinski definition) is 8. The van der Waals surface area contributed by atoms with Gasteiger partial charge in [0.05, 0.1) is 0 Å². The van der Waals surface area contributed by atoms with Gasteiger partial charge in [0.25, 0.3) is 5.91 Å². The Morgan fingerprint density at radius 2 is 1.58 bits per heavy atom. The number of halogens is 3. The molecular formula is C25H28F3N7O3. The van der Waals surface area contributed by atoms with Gasteiger partial charge in [-0.15, -0.1) is 0 Å². The van der Waals surface area contributed by atoms with Crippen molar-refractivity contribution in [1.82, 2.24) is 20.3 Å². The lowest BCUT2D eigenvalue weighted by Crippen LogP contribution is -2.24. The Kier molecular flexibility index (Phi) is 9.79. The Labute approximate surface area is 217 Å². The minimum Gasteiger partial charge on any atom is -0.454 e. The maximum Gasteiger partial charge on any atom is 0.422 e. The summed E-state index contributed by atoms with van der Waals surface area (Å²) in [5.41, 5.74) is 7.26. The van der Waals surface area contributed by atoms with Gasteiger partial charge in [0, 0.05) is 29.9 Å². The molecule has 2 amide bonds. The highest BCUT2D eigenvalue weighted by atomic mass is 19.4. The number of nitrogens with zero attached hydrogens (tertiary/aromatic N) is 3. The molecule has 0 spiro atoms. The SMILES string of the molecule is CCCCCNC(=O)c1ccc(CNc2nc(Nc3ccc(C(N)=O)cc3)nc(OCC(F)(F)F)n2)cc1. The normalized spacial score (nSPS) is 11.1. The first-order valence-electron chi connectivity index (χ1n) is 11.9. The lowest BCUT2D eigenvalue weighted by Gasteiger charge is -2.12. The van der Waals surface area contributed by atoms with Gasteiger partial charge in [-0.05, 0) is 48.4 Å². The Hall–Kier alpha value is -4.42. The summed E-state index contributed by atoms with van der Waals surface area (Å²) >= 11 is 0. The van der Waals surface area contributed by atoms with Gasteiger partial charge >= 0.3 is 12.2 Å². The zero-order valence-corrected chi connectivity index (χ0v) is 20.6. The molecule has 3 aromatic rings. The van der Waals surface area contributed by atoms with Crippen LogP contribution in [0.25, 0.3) is 0 Å². The third kappa shape index (κ3) is 9.22. The van der Waals surface area contributed by atoms with E-state index in [1.807, 2.05) is 0 Å². The summed E-state index contributed by atoms with van der Waals surface area (Å²) < 4.78 is 42.7. The molecule has 5 N–H and O–H groups in total. The Morgan fingerprint density at radius 3 is 2.21 bits per heavy atom. The number of carbonyl (C=O) groups excluding carboxylic acids is 2. The second-order valence-corrected chi connectivity index (χ2v) is 8.25. The van der Waals surface area contributed by atoms with Crippen LogP contribution in [0.15, 0.2) is 48.5 Å². The van der Waals surface area contributed by atoms with E-state index in [0.29, 0.717) is 17.8 Å². The molecule has 1 heterocycles. The molecule has 0 saturated heterocycles. The lowest BCUT2D eigenvalue weighted by molar-refractivity contribution is -0.154. The van der Waals surface area contributed by atoms with Crippen molar-refractivity contribution in [2.24, 2.45) is 5.73 Å². The first-order chi connectivity index (χ1) is 18.1. The Balaban J connectivity index is 1.69. The molecule has 0 bridgehead atoms. The second-order valence-electron chi connectivity index (χ2n) is 8.25. The summed E-state index contributed by atoms with van der Waals surface area (Å²) in [7, 11) is 0. The van der Waals surface area contributed by atoms with Crippen LogP contribution in [0.1, 0.15) is 52.5 Å². The Morgan fingerprint density at radius 1 is 0.921 bits per heavy atom. The molecule has 0 unspecified atom stereocenters. The average molecular weight is 532 g/mol. The third-order valence-corrected chi connectivity index (χ3v) is 5.14. The fraction of sp³-hybridized carbons (Fsp3) is 0.320. The zero-order valence-electron chi connectivity index (χ0n) is 20.6. The fourth-order valence-electron chi connectivity index (χ4n) is 3.18. The van der Waals surface area contributed by atoms with E-state index in [2.05, 4.69) is 37.8 Å². The number of aromatic nitrogens is 3. The quantitative estimate of drug-likeness (QED) is 0.240. The highest BCUT2D eigenvalue weighted by Gasteiger charge is 2.29. The minimum absolute atomic E-state index is 0.0359. The molecule has 0 fully saturated rings. The molecule has 0 atom stereocenters. The van der Waals surface area contributed by atoms with E-state index in [0.717, 1.165) is 24.8 Å². The van der Waals surface area contributed by atoms with Crippen molar-refractivity contribution >= 4 is 29.4 Å². The molecule has 38 heavy (non-hydrogen) atoms. The van der Waals surface area contributed by atoms with Crippen LogP contribution >= 0.6 is 0 Å². The summed E-state index contributed by atoms with van der Waals surface area (Å²) in [6, 6.07) is 12.3. The van der Waals surface area contributed by atoms with E-state index in [-0.39, 0.29) is 29.9 Å². The highest BCUT2D eigenvalue weighted by molar-refractivity contribution is 5.94. The number of rotatable bonds is 13. The molecule has 202 valence electrons. The van der Waals surface area contributed by atoms with Gasteiger partial charge in [0.15, 0.2) is 6.61 Å². The summed E-state index contributed by atoms with van der Waals surface area (Å²) in [4.78, 5) is 35.4. The zero-order chi connectivity index (χ0) is 27.5. The summed E-state index contributed by atoms with van der Waals surface area (Å²) in [6.07, 6.45) is -1.55. The van der Waals surface area contributed by atoms with Crippen molar-refractivity contribution in [3.63, 3.8) is 0 Å². The van der Waals surface area contributed by atoms with Gasteiger partial charge in [-0.25, -0.2) is 0 Å². The van der Waals surface area contributed by atoms with Crippen molar-refractivity contribution in [3.05, 3.63) is 65.2 Å². The summed E-state index contributed by atoms with van der Waals surface area (Å²) in [5, 5.41) is 8.62. The van der Waals surface area contributed by atoms with Crippen LogP contribution in [-0.2, 0) is 6.54 Å². The van der Waals surface area contributed by atoms with Crippen molar-refractivity contribution in [2.45, 2.75) is 38.9 Å². The van der Waals surface area contributed by atoms with E-state index >= 15 is 0 Å². The number of benzene rings is 2. The maximum absolute atomic E-state index is 12.7. The number of amides is 2. The second kappa shape index (κ2) is 13.2. The first-order valence-corrected chi connectivity index (χ1v) is 11.9. The van der Waals surface area contributed by atoms with Gasteiger partial charge in [-0.3, -0.25) is 9.59 Å². The van der Waals surface area contributed by atoms with Crippen LogP contribution in [0.3, 0.4) is 0 Å². The number of nitrogens with one attached hydrogen (secondary N) is 3. The monoisotopic (exact) mass is 531 g/mol. The van der Waals surface area contributed by atoms with Crippen molar-refractivity contribution in [2.75, 3.05) is 23.8 Å². The number of unbranched alkanes of at least 4 members (excludes halogenated alkanes) is 2. The summed E-state index contributed by atoms with van der Waals surface area (Å²) in [5.74, 6) is -0.886. The van der Waals surface area contributed by atoms with Crippen LogP contribution in [0, 0.1) is 0 Å². The smallest absolute Gasteiger partial charge is 0.422 e. The van der Waals surface area contributed by atoms with Crippen molar-refractivity contribution < 1.29 is 27.5 Å². The lowest BCUT2D eigenvalue weighted by atomic mass is 10.1. The molecule has 1 aromatic heterocycles. The number of alkyl halides is 3. The molecule has 0 saturated carbocycles. The van der Waals surface area contributed by atoms with Crippen LogP contribution in [0.5, 0.6) is 6.01 Å². The number of anilines is 3. The van der Waals surface area contributed by atoms with E-state index in [1.165, 1.54) is 24.3 Å². The van der Waals surface area contributed by atoms with E-state index in [9.17, 15) is 22.8 Å². The summed E-state index contributed by atoms with van der Waals surface area (Å²) in [6.45, 7) is 1.34. The molecule has 0 aliphatic heterocycles. The first kappa shape index (κ1) is 28.2. The van der Waals surface area contributed by atoms with Gasteiger partial charge < -0.3 is 26.4 Å². The van der Waals surface area contributed by atoms with Crippen LogP contribution < -0.4 is 26.4 Å². The van der Waals surface area contributed by atoms with Gasteiger partial charge in [-0.2, -0.15) is 28.1 Å². The molecular weight excluding hydrogens is 503 g/mol. The number of carbonyl (C=O) groups is 2. The number of primary amides is 1.